The number of aryl methyl sites for hydroxylation is 1. The third kappa shape index (κ3) is 1.61. The van der Waals surface area contributed by atoms with Gasteiger partial charge in [-0.15, -0.1) is 0 Å². The molecule has 0 saturated carbocycles. The average Bonchev–Trinajstić information content (AvgIpc) is 2.59. The second kappa shape index (κ2) is 3.86. The maximum atomic E-state index is 6.19. The van der Waals surface area contributed by atoms with Crippen LogP contribution in [0.1, 0.15) is 37.5 Å². The molecule has 0 bridgehead atoms. The van der Waals surface area contributed by atoms with Gasteiger partial charge in [-0.3, -0.25) is 0 Å². The van der Waals surface area contributed by atoms with Gasteiger partial charge in [0.05, 0.1) is 5.41 Å². The van der Waals surface area contributed by atoms with Crippen LogP contribution in [0.3, 0.4) is 0 Å². The lowest BCUT2D eigenvalue weighted by Crippen LogP contribution is -2.45. The van der Waals surface area contributed by atoms with Crippen LogP contribution in [0.5, 0.6) is 5.75 Å². The Kier molecular flexibility index (Phi) is 2.50. The second-order valence-electron chi connectivity index (χ2n) is 6.10. The van der Waals surface area contributed by atoms with Crippen molar-refractivity contribution in [2.45, 2.75) is 38.7 Å². The largest absolute Gasteiger partial charge is 0.486 e. The highest BCUT2D eigenvalue weighted by molar-refractivity contribution is 5.53. The van der Waals surface area contributed by atoms with Crippen molar-refractivity contribution in [2.75, 3.05) is 0 Å². The first-order chi connectivity index (χ1) is 8.95. The Morgan fingerprint density at radius 3 is 2.16 bits per heavy atom. The number of fused-ring (bicyclic) bond motifs is 1. The van der Waals surface area contributed by atoms with Crippen molar-refractivity contribution in [3.63, 3.8) is 0 Å². The van der Waals surface area contributed by atoms with Crippen LogP contribution in [0.15, 0.2) is 48.5 Å². The topological polar surface area (TPSA) is 9.23 Å². The Morgan fingerprint density at radius 1 is 0.842 bits per heavy atom. The van der Waals surface area contributed by atoms with Crippen LogP contribution in [-0.4, -0.2) is 5.60 Å². The molecule has 1 heterocycles. The van der Waals surface area contributed by atoms with E-state index in [1.54, 1.807) is 0 Å². The monoisotopic (exact) mass is 252 g/mol. The zero-order valence-electron chi connectivity index (χ0n) is 12.0. The van der Waals surface area contributed by atoms with Gasteiger partial charge in [0.15, 0.2) is 0 Å². The maximum Gasteiger partial charge on any atom is 0.124 e. The number of hydrogen-bond donors (Lipinski definition) is 0. The standard InChI is InChI=1S/C18H20O/c1-13-9-11-14(12-10-13)18(4)15-7-5-6-8-16(15)19-17(18,2)3/h5-12H,1-4H3. The fourth-order valence-corrected chi connectivity index (χ4v) is 3.06. The van der Waals surface area contributed by atoms with E-state index in [1.807, 2.05) is 6.07 Å². The summed E-state index contributed by atoms with van der Waals surface area (Å²) in [7, 11) is 0. The SMILES string of the molecule is Cc1ccc(C2(C)c3ccccc3OC2(C)C)cc1. The molecule has 0 radical (unpaired) electrons. The van der Waals surface area contributed by atoms with Gasteiger partial charge < -0.3 is 4.74 Å². The van der Waals surface area contributed by atoms with Crippen molar-refractivity contribution >= 4 is 0 Å². The molecular weight excluding hydrogens is 232 g/mol. The number of rotatable bonds is 1. The number of benzene rings is 2. The maximum absolute atomic E-state index is 6.19. The summed E-state index contributed by atoms with van der Waals surface area (Å²) in [5.74, 6) is 1.01. The molecule has 1 aliphatic heterocycles. The number of para-hydroxylation sites is 1. The fraction of sp³-hybridized carbons (Fsp3) is 0.333. The van der Waals surface area contributed by atoms with Gasteiger partial charge in [-0.1, -0.05) is 48.0 Å². The second-order valence-corrected chi connectivity index (χ2v) is 6.10. The quantitative estimate of drug-likeness (QED) is 0.727. The van der Waals surface area contributed by atoms with Crippen LogP contribution >= 0.6 is 0 Å². The minimum absolute atomic E-state index is 0.114. The molecule has 0 spiro atoms. The summed E-state index contributed by atoms with van der Waals surface area (Å²) in [6.45, 7) is 8.75. The molecule has 1 aliphatic rings. The van der Waals surface area contributed by atoms with Crippen molar-refractivity contribution in [2.24, 2.45) is 0 Å². The van der Waals surface area contributed by atoms with Crippen molar-refractivity contribution < 1.29 is 4.74 Å². The van der Waals surface area contributed by atoms with E-state index >= 15 is 0 Å². The smallest absolute Gasteiger partial charge is 0.124 e. The Hall–Kier alpha value is -1.76. The highest BCUT2D eigenvalue weighted by atomic mass is 16.5. The predicted octanol–water partition coefficient (Wildman–Crippen LogP) is 4.47. The van der Waals surface area contributed by atoms with Gasteiger partial charge >= 0.3 is 0 Å². The van der Waals surface area contributed by atoms with Crippen LogP contribution in [0, 0.1) is 6.92 Å². The molecule has 1 unspecified atom stereocenters. The normalized spacial score (nSPS) is 23.8. The third-order valence-electron chi connectivity index (χ3n) is 4.62. The molecule has 98 valence electrons. The van der Waals surface area contributed by atoms with E-state index in [0.29, 0.717) is 0 Å². The van der Waals surface area contributed by atoms with Gasteiger partial charge in [0, 0.05) is 5.56 Å². The number of ether oxygens (including phenoxy) is 1. The van der Waals surface area contributed by atoms with E-state index in [1.165, 1.54) is 16.7 Å². The van der Waals surface area contributed by atoms with E-state index in [2.05, 4.69) is 70.2 Å². The van der Waals surface area contributed by atoms with Gasteiger partial charge in [-0.2, -0.15) is 0 Å². The first-order valence-corrected chi connectivity index (χ1v) is 6.81. The lowest BCUT2D eigenvalue weighted by Gasteiger charge is -2.37. The molecule has 0 saturated heterocycles. The molecule has 2 aromatic rings. The summed E-state index contributed by atoms with van der Waals surface area (Å²) in [5, 5.41) is 0. The molecule has 1 heteroatoms. The molecule has 0 amide bonds. The van der Waals surface area contributed by atoms with Gasteiger partial charge in [-0.25, -0.2) is 0 Å². The molecule has 2 aromatic carbocycles. The summed E-state index contributed by atoms with van der Waals surface area (Å²) < 4.78 is 6.19. The van der Waals surface area contributed by atoms with E-state index < -0.39 is 0 Å². The van der Waals surface area contributed by atoms with Crippen LogP contribution < -0.4 is 4.74 Å². The van der Waals surface area contributed by atoms with Crippen molar-refractivity contribution in [3.8, 4) is 5.75 Å². The summed E-state index contributed by atoms with van der Waals surface area (Å²) in [5.41, 5.74) is 3.53. The zero-order valence-corrected chi connectivity index (χ0v) is 12.0. The van der Waals surface area contributed by atoms with Crippen molar-refractivity contribution in [3.05, 3.63) is 65.2 Å². The summed E-state index contributed by atoms with van der Waals surface area (Å²) in [4.78, 5) is 0. The molecule has 0 N–H and O–H groups in total. The van der Waals surface area contributed by atoms with E-state index in [-0.39, 0.29) is 11.0 Å². The lowest BCUT2D eigenvalue weighted by atomic mass is 9.67. The fourth-order valence-electron chi connectivity index (χ4n) is 3.06. The van der Waals surface area contributed by atoms with E-state index in [4.69, 9.17) is 4.74 Å². The number of hydrogen-bond acceptors (Lipinski definition) is 1. The molecule has 0 fully saturated rings. The zero-order chi connectivity index (χ0) is 13.7. The highest BCUT2D eigenvalue weighted by Crippen LogP contribution is 2.52. The van der Waals surface area contributed by atoms with E-state index in [9.17, 15) is 0 Å². The Labute approximate surface area is 115 Å². The summed E-state index contributed by atoms with van der Waals surface area (Å²) >= 11 is 0. The average molecular weight is 252 g/mol. The molecule has 0 aliphatic carbocycles. The first kappa shape index (κ1) is 12.3. The van der Waals surface area contributed by atoms with Gasteiger partial charge in [0.25, 0.3) is 0 Å². The van der Waals surface area contributed by atoms with Crippen LogP contribution in [0.25, 0.3) is 0 Å². The molecule has 1 nitrogen and oxygen atoms in total. The Bertz CT molecular complexity index is 610. The van der Waals surface area contributed by atoms with Crippen LogP contribution in [0.4, 0.5) is 0 Å². The summed E-state index contributed by atoms with van der Waals surface area (Å²) in [6, 6.07) is 17.2. The van der Waals surface area contributed by atoms with Crippen molar-refractivity contribution in [1.29, 1.82) is 0 Å². The summed E-state index contributed by atoms with van der Waals surface area (Å²) in [6.07, 6.45) is 0. The molecule has 19 heavy (non-hydrogen) atoms. The first-order valence-electron chi connectivity index (χ1n) is 6.81. The minimum atomic E-state index is -0.244. The van der Waals surface area contributed by atoms with Gasteiger partial charge in [0.2, 0.25) is 0 Å². The Morgan fingerprint density at radius 2 is 1.47 bits per heavy atom. The van der Waals surface area contributed by atoms with Crippen LogP contribution in [-0.2, 0) is 5.41 Å². The van der Waals surface area contributed by atoms with Gasteiger partial charge in [0.1, 0.15) is 11.4 Å². The molecule has 1 atom stereocenters. The van der Waals surface area contributed by atoms with Gasteiger partial charge in [-0.05, 0) is 39.3 Å². The molecule has 3 rings (SSSR count). The molecule has 0 aromatic heterocycles. The third-order valence-corrected chi connectivity index (χ3v) is 4.62. The van der Waals surface area contributed by atoms with Crippen molar-refractivity contribution in [1.82, 2.24) is 0 Å². The highest BCUT2D eigenvalue weighted by Gasteiger charge is 2.52. The molecular formula is C18H20O. The predicted molar refractivity (Wildman–Crippen MR) is 78.8 cm³/mol. The lowest BCUT2D eigenvalue weighted by molar-refractivity contribution is 0.0812. The minimum Gasteiger partial charge on any atom is -0.486 e. The van der Waals surface area contributed by atoms with Crippen LogP contribution in [0.2, 0.25) is 0 Å². The Balaban J connectivity index is 2.23. The van der Waals surface area contributed by atoms with E-state index in [0.717, 1.165) is 5.75 Å².